The lowest BCUT2D eigenvalue weighted by Gasteiger charge is -2.35. The van der Waals surface area contributed by atoms with Crippen molar-refractivity contribution in [2.75, 3.05) is 52.4 Å². The average Bonchev–Trinajstić information content (AvgIpc) is 3.87. The van der Waals surface area contributed by atoms with Crippen LogP contribution in [0.15, 0.2) is 83.4 Å². The Bertz CT molecular complexity index is 2240. The van der Waals surface area contributed by atoms with E-state index in [9.17, 15) is 24.0 Å². The summed E-state index contributed by atoms with van der Waals surface area (Å²) in [7, 11) is 0. The molecule has 5 aromatic rings. The summed E-state index contributed by atoms with van der Waals surface area (Å²) < 4.78 is 11.1. The minimum Gasteiger partial charge on any atom is -0.444 e. The predicted octanol–water partition coefficient (Wildman–Crippen LogP) is 4.93. The highest BCUT2D eigenvalue weighted by molar-refractivity contribution is 6.08. The van der Waals surface area contributed by atoms with Crippen LogP contribution in [0.25, 0.3) is 33.1 Å². The summed E-state index contributed by atoms with van der Waals surface area (Å²) in [5, 5.41) is 6.33. The number of nitrogens with one attached hydrogen (secondary N) is 2. The summed E-state index contributed by atoms with van der Waals surface area (Å²) in [4.78, 5) is 79.3. The van der Waals surface area contributed by atoms with Gasteiger partial charge in [0.05, 0.1) is 17.6 Å². The van der Waals surface area contributed by atoms with E-state index < -0.39 is 17.6 Å². The van der Waals surface area contributed by atoms with E-state index in [4.69, 9.17) is 9.15 Å². The molecule has 2 saturated heterocycles. The van der Waals surface area contributed by atoms with E-state index in [2.05, 4.69) is 25.5 Å². The SMILES string of the molecule is CC(C)(C)OC(=O)N1CCN(CCNC(=O)c2ccc(-c3ccc4c(C(=O)NCC(=O)N5CCC[C@H]5C(=O)c5nc6ccccc6o5)ccnc4c3)cc2)CC1. The van der Waals surface area contributed by atoms with Gasteiger partial charge in [-0.2, -0.15) is 0 Å². The lowest BCUT2D eigenvalue weighted by molar-refractivity contribution is -0.130. The van der Waals surface area contributed by atoms with Crippen LogP contribution in [0.2, 0.25) is 0 Å². The van der Waals surface area contributed by atoms with Crippen LogP contribution in [0, 0.1) is 0 Å². The number of aromatic nitrogens is 2. The fourth-order valence-corrected chi connectivity index (χ4v) is 7.06. The fourth-order valence-electron chi connectivity index (χ4n) is 7.06. The number of likely N-dealkylation sites (tertiary alicyclic amines) is 1. The summed E-state index contributed by atoms with van der Waals surface area (Å²) in [5.41, 5.74) is 3.79. The number of ether oxygens (including phenoxy) is 1. The van der Waals surface area contributed by atoms with Gasteiger partial charge in [0.2, 0.25) is 11.7 Å². The van der Waals surface area contributed by atoms with Gasteiger partial charge in [0.25, 0.3) is 17.7 Å². The summed E-state index contributed by atoms with van der Waals surface area (Å²) in [6.07, 6.45) is 2.40. The van der Waals surface area contributed by atoms with Crippen LogP contribution in [-0.4, -0.2) is 118 Å². The van der Waals surface area contributed by atoms with E-state index in [0.29, 0.717) is 91.8 Å². The third-order valence-corrected chi connectivity index (χ3v) is 9.99. The molecule has 0 bridgehead atoms. The van der Waals surface area contributed by atoms with Crippen molar-refractivity contribution in [3.63, 3.8) is 0 Å². The van der Waals surface area contributed by atoms with Gasteiger partial charge in [0.1, 0.15) is 17.2 Å². The van der Waals surface area contributed by atoms with E-state index in [1.54, 1.807) is 47.5 Å². The molecular weight excluding hydrogens is 715 g/mol. The molecule has 2 fully saturated rings. The molecule has 2 aliphatic heterocycles. The molecule has 7 rings (SSSR count). The van der Waals surface area contributed by atoms with Gasteiger partial charge in [-0.25, -0.2) is 9.78 Å². The number of pyridine rings is 1. The number of benzene rings is 3. The molecule has 0 saturated carbocycles. The van der Waals surface area contributed by atoms with Crippen molar-refractivity contribution in [1.29, 1.82) is 0 Å². The van der Waals surface area contributed by atoms with Crippen molar-refractivity contribution >= 4 is 51.6 Å². The van der Waals surface area contributed by atoms with Gasteiger partial charge in [0, 0.05) is 63.0 Å². The number of fused-ring (bicyclic) bond motifs is 2. The van der Waals surface area contributed by atoms with Crippen LogP contribution in [0.1, 0.15) is 65.0 Å². The van der Waals surface area contributed by atoms with Gasteiger partial charge >= 0.3 is 6.09 Å². The summed E-state index contributed by atoms with van der Waals surface area (Å²) >= 11 is 0. The first kappa shape index (κ1) is 38.1. The quantitative estimate of drug-likeness (QED) is 0.187. The number of Topliss-reactive ketones (excluding diaryl/α,β-unsaturated/α-hetero) is 1. The van der Waals surface area contributed by atoms with Crippen molar-refractivity contribution in [3.05, 3.63) is 96.0 Å². The van der Waals surface area contributed by atoms with Crippen LogP contribution in [0.4, 0.5) is 4.79 Å². The Hall–Kier alpha value is -6.15. The van der Waals surface area contributed by atoms with Crippen LogP contribution in [0.3, 0.4) is 0 Å². The molecule has 1 atom stereocenters. The highest BCUT2D eigenvalue weighted by atomic mass is 16.6. The van der Waals surface area contributed by atoms with E-state index in [0.717, 1.165) is 11.1 Å². The average molecular weight is 760 g/mol. The Morgan fingerprint density at radius 3 is 2.34 bits per heavy atom. The Morgan fingerprint density at radius 1 is 0.839 bits per heavy atom. The lowest BCUT2D eigenvalue weighted by Crippen LogP contribution is -2.51. The van der Waals surface area contributed by atoms with Gasteiger partial charge in [-0.05, 0) is 81.1 Å². The first-order chi connectivity index (χ1) is 26.9. The minimum absolute atomic E-state index is 0.0274. The van der Waals surface area contributed by atoms with E-state index in [1.165, 1.54) is 4.90 Å². The van der Waals surface area contributed by atoms with Gasteiger partial charge in [-0.15, -0.1) is 0 Å². The highest BCUT2D eigenvalue weighted by Gasteiger charge is 2.37. The zero-order valence-corrected chi connectivity index (χ0v) is 31.7. The summed E-state index contributed by atoms with van der Waals surface area (Å²) in [5.74, 6) is -1.35. The van der Waals surface area contributed by atoms with Crippen molar-refractivity contribution in [2.45, 2.75) is 45.3 Å². The molecule has 4 heterocycles. The number of amides is 4. The maximum atomic E-state index is 13.4. The number of carbonyl (C=O) groups excluding carboxylic acids is 5. The van der Waals surface area contributed by atoms with Crippen LogP contribution in [0.5, 0.6) is 0 Å². The lowest BCUT2D eigenvalue weighted by atomic mass is 10.00. The Labute approximate surface area is 324 Å². The van der Waals surface area contributed by atoms with Crippen LogP contribution < -0.4 is 10.6 Å². The molecule has 290 valence electrons. The zero-order valence-electron chi connectivity index (χ0n) is 31.7. The molecule has 14 heteroatoms. The molecule has 0 spiro atoms. The number of piperazine rings is 1. The van der Waals surface area contributed by atoms with E-state index in [1.807, 2.05) is 57.2 Å². The molecule has 0 aliphatic carbocycles. The molecule has 2 N–H and O–H groups in total. The fraction of sp³-hybridized carbons (Fsp3) is 0.357. The van der Waals surface area contributed by atoms with Gasteiger partial charge in [0.15, 0.2) is 5.58 Å². The third kappa shape index (κ3) is 8.70. The Morgan fingerprint density at radius 2 is 1.59 bits per heavy atom. The number of hydrogen-bond donors (Lipinski definition) is 2. The second-order valence-corrected chi connectivity index (χ2v) is 15.0. The topological polar surface area (TPSA) is 167 Å². The number of nitrogens with zero attached hydrogens (tertiary/aromatic N) is 5. The smallest absolute Gasteiger partial charge is 0.410 e. The summed E-state index contributed by atoms with van der Waals surface area (Å²) in [6.45, 7) is 9.43. The second kappa shape index (κ2) is 16.3. The predicted molar refractivity (Wildman–Crippen MR) is 209 cm³/mol. The van der Waals surface area contributed by atoms with Crippen molar-refractivity contribution < 1.29 is 33.1 Å². The monoisotopic (exact) mass is 759 g/mol. The van der Waals surface area contributed by atoms with Crippen molar-refractivity contribution in [3.8, 4) is 11.1 Å². The first-order valence-corrected chi connectivity index (χ1v) is 18.9. The number of rotatable bonds is 10. The van der Waals surface area contributed by atoms with Gasteiger partial charge < -0.3 is 29.6 Å². The number of ketones is 1. The molecule has 0 radical (unpaired) electrons. The molecule has 56 heavy (non-hydrogen) atoms. The molecule has 14 nitrogen and oxygen atoms in total. The maximum absolute atomic E-state index is 13.4. The molecule has 0 unspecified atom stereocenters. The van der Waals surface area contributed by atoms with Crippen molar-refractivity contribution in [2.24, 2.45) is 0 Å². The van der Waals surface area contributed by atoms with Crippen LogP contribution in [-0.2, 0) is 9.53 Å². The number of oxazole rings is 1. The minimum atomic E-state index is -0.706. The number of hydrogen-bond acceptors (Lipinski definition) is 10. The maximum Gasteiger partial charge on any atom is 0.410 e. The first-order valence-electron chi connectivity index (χ1n) is 18.9. The van der Waals surface area contributed by atoms with Gasteiger partial charge in [-0.3, -0.25) is 29.1 Å². The standard InChI is InChI=1S/C42H45N7O7/c1-42(2,3)56-41(54)48-23-21-47(22-24-48)20-18-44-38(52)28-12-10-27(11-13-28)29-14-15-30-31(16-17-43-33(30)25-29)39(53)45-26-36(50)49-19-6-8-34(49)37(51)40-46-32-7-4-5-9-35(32)55-40/h4-5,7,9-17,25,34H,6,8,18-24,26H2,1-3H3,(H,44,52)(H,45,53)/t34-/m0/s1. The number of carbonyl (C=O) groups is 5. The summed E-state index contributed by atoms with van der Waals surface area (Å²) in [6, 6.07) is 20.9. The van der Waals surface area contributed by atoms with Crippen LogP contribution >= 0.6 is 0 Å². The molecule has 2 aliphatic rings. The zero-order chi connectivity index (χ0) is 39.4. The largest absolute Gasteiger partial charge is 0.444 e. The third-order valence-electron chi connectivity index (χ3n) is 9.99. The van der Waals surface area contributed by atoms with E-state index in [-0.39, 0.29) is 36.1 Å². The Kier molecular flexibility index (Phi) is 11.1. The molecular formula is C42H45N7O7. The highest BCUT2D eigenvalue weighted by Crippen LogP contribution is 2.27. The van der Waals surface area contributed by atoms with E-state index >= 15 is 0 Å². The van der Waals surface area contributed by atoms with Gasteiger partial charge in [-0.1, -0.05) is 36.4 Å². The second-order valence-electron chi connectivity index (χ2n) is 15.0. The Balaban J connectivity index is 0.906. The molecule has 2 aromatic heterocycles. The normalized spacial score (nSPS) is 16.2. The molecule has 4 amide bonds. The van der Waals surface area contributed by atoms with Crippen molar-refractivity contribution in [1.82, 2.24) is 35.3 Å². The number of para-hydroxylation sites is 2. The molecule has 3 aromatic carbocycles.